The van der Waals surface area contributed by atoms with Gasteiger partial charge in [0.25, 0.3) is 5.56 Å². The molecule has 0 aliphatic carbocycles. The highest BCUT2D eigenvalue weighted by atomic mass is 35.5. The van der Waals surface area contributed by atoms with Crippen molar-refractivity contribution in [3.8, 4) is 11.5 Å². The van der Waals surface area contributed by atoms with E-state index in [9.17, 15) is 14.4 Å². The number of fused-ring (bicyclic) bond motifs is 1. The molecule has 0 saturated heterocycles. The molecule has 2 aromatic carbocycles. The molecule has 1 aliphatic heterocycles. The van der Waals surface area contributed by atoms with E-state index in [4.69, 9.17) is 30.9 Å². The van der Waals surface area contributed by atoms with Crippen LogP contribution < -0.4 is 24.4 Å². The maximum atomic E-state index is 13.8. The molecule has 0 amide bonds. The number of hydrogen-bond donors (Lipinski definition) is 1. The van der Waals surface area contributed by atoms with Crippen LogP contribution in [0.3, 0.4) is 0 Å². The highest BCUT2D eigenvalue weighted by molar-refractivity contribution is 7.07. The summed E-state index contributed by atoms with van der Waals surface area (Å²) in [5, 5.41) is 9.11. The van der Waals surface area contributed by atoms with Gasteiger partial charge in [0.15, 0.2) is 22.9 Å². The Kier molecular flexibility index (Phi) is 8.57. The van der Waals surface area contributed by atoms with E-state index in [0.29, 0.717) is 26.2 Å². The van der Waals surface area contributed by atoms with Crippen molar-refractivity contribution >= 4 is 41.0 Å². The van der Waals surface area contributed by atoms with E-state index in [1.165, 1.54) is 15.9 Å². The number of benzene rings is 2. The van der Waals surface area contributed by atoms with Crippen LogP contribution in [0.25, 0.3) is 6.08 Å². The van der Waals surface area contributed by atoms with E-state index >= 15 is 0 Å². The van der Waals surface area contributed by atoms with Crippen molar-refractivity contribution < 1.29 is 28.9 Å². The Hall–Kier alpha value is -3.89. The predicted molar refractivity (Wildman–Crippen MR) is 147 cm³/mol. The number of halogens is 1. The van der Waals surface area contributed by atoms with Crippen LogP contribution in [0.2, 0.25) is 5.02 Å². The van der Waals surface area contributed by atoms with Crippen LogP contribution in [0, 0.1) is 6.92 Å². The molecule has 1 aromatic heterocycles. The molecule has 0 fully saturated rings. The number of allylic oxidation sites excluding steroid dienone is 1. The summed E-state index contributed by atoms with van der Waals surface area (Å²) >= 11 is 7.59. The number of aryl methyl sites for hydroxylation is 1. The molecule has 1 N–H and O–H groups in total. The van der Waals surface area contributed by atoms with Gasteiger partial charge < -0.3 is 19.3 Å². The van der Waals surface area contributed by atoms with Crippen molar-refractivity contribution in [2.24, 2.45) is 4.99 Å². The molecule has 1 atom stereocenters. The zero-order valence-electron chi connectivity index (χ0n) is 21.8. The minimum absolute atomic E-state index is 0.105. The van der Waals surface area contributed by atoms with E-state index in [0.717, 1.165) is 11.1 Å². The molecule has 1 aliphatic rings. The molecule has 2 heterocycles. The molecule has 9 nitrogen and oxygen atoms in total. The van der Waals surface area contributed by atoms with Crippen molar-refractivity contribution in [3.63, 3.8) is 0 Å². The summed E-state index contributed by atoms with van der Waals surface area (Å²) in [6.07, 6.45) is 1.65. The lowest BCUT2D eigenvalue weighted by Gasteiger charge is -2.24. The van der Waals surface area contributed by atoms with Crippen LogP contribution in [0.5, 0.6) is 11.5 Å². The number of nitrogens with zero attached hydrogens (tertiary/aromatic N) is 2. The van der Waals surface area contributed by atoms with Gasteiger partial charge in [-0.25, -0.2) is 14.6 Å². The summed E-state index contributed by atoms with van der Waals surface area (Å²) in [4.78, 5) is 42.8. The smallest absolute Gasteiger partial charge is 0.341 e. The Bertz CT molecular complexity index is 1640. The third kappa shape index (κ3) is 5.91. The van der Waals surface area contributed by atoms with Gasteiger partial charge in [-0.2, -0.15) is 0 Å². The topological polar surface area (TPSA) is 116 Å². The fraction of sp³-hybridized carbons (Fsp3) is 0.286. The van der Waals surface area contributed by atoms with E-state index < -0.39 is 24.6 Å². The number of thiazole rings is 1. The van der Waals surface area contributed by atoms with E-state index in [1.807, 2.05) is 31.2 Å². The first-order valence-electron chi connectivity index (χ1n) is 12.2. The normalized spacial score (nSPS) is 15.0. The number of carboxylic acids is 1. The first-order valence-corrected chi connectivity index (χ1v) is 13.4. The Morgan fingerprint density at radius 1 is 1.13 bits per heavy atom. The van der Waals surface area contributed by atoms with Gasteiger partial charge in [0, 0.05) is 0 Å². The van der Waals surface area contributed by atoms with Crippen LogP contribution >= 0.6 is 22.9 Å². The molecule has 0 unspecified atom stereocenters. The molecule has 204 valence electrons. The minimum atomic E-state index is -1.15. The zero-order valence-corrected chi connectivity index (χ0v) is 23.4. The van der Waals surface area contributed by atoms with Gasteiger partial charge in [0.05, 0.1) is 40.1 Å². The van der Waals surface area contributed by atoms with Gasteiger partial charge in [0.2, 0.25) is 0 Å². The van der Waals surface area contributed by atoms with Crippen LogP contribution in [0.15, 0.2) is 57.5 Å². The van der Waals surface area contributed by atoms with Crippen molar-refractivity contribution in [1.82, 2.24) is 4.57 Å². The fourth-order valence-corrected chi connectivity index (χ4v) is 5.54. The molecule has 0 saturated carbocycles. The van der Waals surface area contributed by atoms with E-state index in [2.05, 4.69) is 4.99 Å². The minimum Gasteiger partial charge on any atom is -0.490 e. The van der Waals surface area contributed by atoms with Gasteiger partial charge in [-0.3, -0.25) is 9.36 Å². The summed E-state index contributed by atoms with van der Waals surface area (Å²) in [7, 11) is 0. The van der Waals surface area contributed by atoms with Crippen LogP contribution in [-0.4, -0.2) is 41.4 Å². The number of carboxylic acid groups (broad SMARTS) is 1. The van der Waals surface area contributed by atoms with Crippen molar-refractivity contribution in [1.29, 1.82) is 0 Å². The summed E-state index contributed by atoms with van der Waals surface area (Å²) in [6, 6.07) is 10.1. The summed E-state index contributed by atoms with van der Waals surface area (Å²) in [5.74, 6) is -1.32. The lowest BCUT2D eigenvalue weighted by atomic mass is 9.95. The second-order valence-electron chi connectivity index (χ2n) is 8.66. The number of carbonyl (C=O) groups excluding carboxylic acids is 1. The lowest BCUT2D eigenvalue weighted by molar-refractivity contribution is -0.140. The molecule has 3 aromatic rings. The number of rotatable bonds is 9. The van der Waals surface area contributed by atoms with Crippen LogP contribution in [0.4, 0.5) is 0 Å². The average Bonchev–Trinajstić information content (AvgIpc) is 3.17. The molecule has 4 rings (SSSR count). The first kappa shape index (κ1) is 28.1. The highest BCUT2D eigenvalue weighted by Gasteiger charge is 2.33. The molecule has 39 heavy (non-hydrogen) atoms. The van der Waals surface area contributed by atoms with Crippen LogP contribution in [0.1, 0.15) is 43.5 Å². The summed E-state index contributed by atoms with van der Waals surface area (Å²) in [6.45, 7) is 7.08. The second-order valence-corrected chi connectivity index (χ2v) is 10.1. The van der Waals surface area contributed by atoms with E-state index in [-0.39, 0.29) is 35.3 Å². The average molecular weight is 571 g/mol. The summed E-state index contributed by atoms with van der Waals surface area (Å²) < 4.78 is 18.1. The molecule has 0 bridgehead atoms. The van der Waals surface area contributed by atoms with Gasteiger partial charge in [0.1, 0.15) is 0 Å². The Balaban J connectivity index is 1.88. The number of esters is 1. The maximum absolute atomic E-state index is 13.8. The largest absolute Gasteiger partial charge is 0.490 e. The third-order valence-corrected chi connectivity index (χ3v) is 7.14. The first-order chi connectivity index (χ1) is 18.6. The monoisotopic (exact) mass is 570 g/mol. The van der Waals surface area contributed by atoms with Gasteiger partial charge in [-0.1, -0.05) is 52.8 Å². The molecule has 0 spiro atoms. The number of hydrogen-bond acceptors (Lipinski definition) is 8. The second kappa shape index (κ2) is 11.9. The third-order valence-electron chi connectivity index (χ3n) is 5.88. The number of carbonyl (C=O) groups is 2. The Morgan fingerprint density at radius 3 is 2.49 bits per heavy atom. The number of aromatic nitrogens is 1. The van der Waals surface area contributed by atoms with Gasteiger partial charge >= 0.3 is 11.9 Å². The Morgan fingerprint density at radius 2 is 1.85 bits per heavy atom. The maximum Gasteiger partial charge on any atom is 0.341 e. The fourth-order valence-electron chi connectivity index (χ4n) is 4.22. The van der Waals surface area contributed by atoms with Gasteiger partial charge in [-0.05, 0) is 57.0 Å². The predicted octanol–water partition coefficient (Wildman–Crippen LogP) is 3.62. The molecular formula is C28H27ClN2O7S. The lowest BCUT2D eigenvalue weighted by Crippen LogP contribution is -2.39. The van der Waals surface area contributed by atoms with E-state index in [1.54, 1.807) is 39.0 Å². The van der Waals surface area contributed by atoms with Crippen LogP contribution in [-0.2, 0) is 14.3 Å². The standard InChI is InChI=1S/C28H27ClN2O7S/c1-5-36-20-12-17(11-19(29)25(20)38-14-22(32)33)13-21-26(34)31-24(18-9-7-15(3)8-10-18)23(27(35)37-6-2)16(4)30-28(31)39-21/h7-13,24H,5-6,14H2,1-4H3,(H,32,33)/b21-13+/t24-/m0/s1. The van der Waals surface area contributed by atoms with Crippen molar-refractivity contribution in [2.45, 2.75) is 33.7 Å². The van der Waals surface area contributed by atoms with Crippen molar-refractivity contribution in [3.05, 3.63) is 89.1 Å². The summed E-state index contributed by atoms with van der Waals surface area (Å²) in [5.41, 5.74) is 2.80. The number of aliphatic carboxylic acids is 1. The van der Waals surface area contributed by atoms with Crippen molar-refractivity contribution in [2.75, 3.05) is 19.8 Å². The Labute approximate surface area is 233 Å². The number of ether oxygens (including phenoxy) is 3. The molecular weight excluding hydrogens is 544 g/mol. The molecule has 11 heteroatoms. The highest BCUT2D eigenvalue weighted by Crippen LogP contribution is 2.37. The SMILES string of the molecule is CCOC(=O)C1=C(C)N=c2s/c(=C/c3cc(Cl)c(OCC(=O)O)c(OCC)c3)c(=O)n2[C@H]1c1ccc(C)cc1. The zero-order chi connectivity index (χ0) is 28.3. The van der Waals surface area contributed by atoms with Gasteiger partial charge in [-0.15, -0.1) is 0 Å². The molecule has 0 radical (unpaired) electrons. The quantitative estimate of drug-likeness (QED) is 0.391.